The number of carbonyl (C=O) groups is 1. The highest BCUT2D eigenvalue weighted by Gasteiger charge is 1.97. The van der Waals surface area contributed by atoms with Gasteiger partial charge in [0.1, 0.15) is 0 Å². The number of aliphatic imine (C=N–C) groups is 1. The van der Waals surface area contributed by atoms with Gasteiger partial charge in [0.25, 0.3) is 0 Å². The summed E-state index contributed by atoms with van der Waals surface area (Å²) in [6.07, 6.45) is 2.93. The van der Waals surface area contributed by atoms with Crippen LogP contribution in [0.5, 0.6) is 0 Å². The van der Waals surface area contributed by atoms with Crippen molar-refractivity contribution in [2.45, 2.75) is 25.8 Å². The summed E-state index contributed by atoms with van der Waals surface area (Å²) in [4.78, 5) is 16.8. The van der Waals surface area contributed by atoms with Crippen LogP contribution in [0.2, 0.25) is 0 Å². The summed E-state index contributed by atoms with van der Waals surface area (Å²) in [6.45, 7) is 3.11. The third-order valence-corrected chi connectivity index (χ3v) is 1.72. The number of amides is 1. The van der Waals surface area contributed by atoms with E-state index in [1.54, 1.807) is 14.1 Å². The first kappa shape index (κ1) is 17.2. The van der Waals surface area contributed by atoms with Crippen molar-refractivity contribution in [3.05, 3.63) is 0 Å². The van der Waals surface area contributed by atoms with Gasteiger partial charge in [-0.1, -0.05) is 0 Å². The average molecular weight is 228 g/mol. The Kier molecular flexibility index (Phi) is 12.8. The SMILES string of the molecule is CC(CCCN(C)C)N=C=N.CN(C)C=O. The van der Waals surface area contributed by atoms with Gasteiger partial charge in [-0.3, -0.25) is 4.79 Å². The van der Waals surface area contributed by atoms with E-state index in [1.807, 2.05) is 6.92 Å². The van der Waals surface area contributed by atoms with Gasteiger partial charge in [0, 0.05) is 14.1 Å². The summed E-state index contributed by atoms with van der Waals surface area (Å²) >= 11 is 0. The second-order valence-electron chi connectivity index (χ2n) is 4.10. The zero-order valence-corrected chi connectivity index (χ0v) is 11.0. The molecule has 5 nitrogen and oxygen atoms in total. The molecule has 0 aliphatic heterocycles. The van der Waals surface area contributed by atoms with E-state index in [-0.39, 0.29) is 6.04 Å². The van der Waals surface area contributed by atoms with Crippen LogP contribution in [-0.2, 0) is 4.79 Å². The predicted molar refractivity (Wildman–Crippen MR) is 67.2 cm³/mol. The lowest BCUT2D eigenvalue weighted by Gasteiger charge is -2.09. The van der Waals surface area contributed by atoms with Crippen LogP contribution in [0.3, 0.4) is 0 Å². The van der Waals surface area contributed by atoms with Crippen molar-refractivity contribution >= 4 is 12.4 Å². The first-order valence-corrected chi connectivity index (χ1v) is 5.32. The molecule has 1 atom stereocenters. The molecule has 16 heavy (non-hydrogen) atoms. The van der Waals surface area contributed by atoms with Gasteiger partial charge in [-0.25, -0.2) is 10.4 Å². The molecule has 0 fully saturated rings. The highest BCUT2D eigenvalue weighted by Crippen LogP contribution is 1.99. The fourth-order valence-electron chi connectivity index (χ4n) is 0.878. The van der Waals surface area contributed by atoms with Crippen LogP contribution < -0.4 is 0 Å². The molecule has 5 heteroatoms. The molecule has 0 aromatic carbocycles. The molecule has 0 aromatic rings. The van der Waals surface area contributed by atoms with Gasteiger partial charge >= 0.3 is 0 Å². The van der Waals surface area contributed by atoms with Crippen LogP contribution in [0.25, 0.3) is 0 Å². The quantitative estimate of drug-likeness (QED) is 0.548. The standard InChI is InChI=1S/C8H17N3.C3H7NO/c1-8(10-7-9)5-4-6-11(2)3;1-4(2)3-5/h8-9H,4-6H2,1-3H3;3H,1-2H3. The van der Waals surface area contributed by atoms with E-state index in [9.17, 15) is 4.79 Å². The van der Waals surface area contributed by atoms with Crippen LogP contribution in [0.15, 0.2) is 4.99 Å². The van der Waals surface area contributed by atoms with E-state index in [2.05, 4.69) is 30.0 Å². The Morgan fingerprint density at radius 2 is 1.88 bits per heavy atom. The smallest absolute Gasteiger partial charge is 0.209 e. The molecule has 94 valence electrons. The number of carbonyl (C=O) groups excluding carboxylic acids is 1. The van der Waals surface area contributed by atoms with Gasteiger partial charge < -0.3 is 9.80 Å². The van der Waals surface area contributed by atoms with Gasteiger partial charge in [0.05, 0.1) is 12.1 Å². The molecule has 0 aliphatic rings. The monoisotopic (exact) mass is 228 g/mol. The summed E-state index contributed by atoms with van der Waals surface area (Å²) < 4.78 is 0. The fourth-order valence-corrected chi connectivity index (χ4v) is 0.878. The molecule has 1 N–H and O–H groups in total. The number of nitrogens with zero attached hydrogens (tertiary/aromatic N) is 3. The molecule has 1 unspecified atom stereocenters. The normalized spacial score (nSPS) is 10.9. The molecular formula is C11H24N4O. The van der Waals surface area contributed by atoms with Crippen LogP contribution in [0.4, 0.5) is 0 Å². The molecular weight excluding hydrogens is 204 g/mol. The molecule has 0 rings (SSSR count). The van der Waals surface area contributed by atoms with Gasteiger partial charge in [-0.15, -0.1) is 0 Å². The number of rotatable bonds is 6. The molecule has 0 saturated heterocycles. The third kappa shape index (κ3) is 18.6. The summed E-state index contributed by atoms with van der Waals surface area (Å²) in [6, 6.07) is 2.32. The summed E-state index contributed by atoms with van der Waals surface area (Å²) in [5.74, 6) is 0. The topological polar surface area (TPSA) is 59.8 Å². The van der Waals surface area contributed by atoms with Gasteiger partial charge in [0.2, 0.25) is 6.41 Å². The third-order valence-electron chi connectivity index (χ3n) is 1.72. The highest BCUT2D eigenvalue weighted by molar-refractivity contribution is 5.45. The minimum atomic E-state index is 0.257. The summed E-state index contributed by atoms with van der Waals surface area (Å²) in [7, 11) is 7.50. The van der Waals surface area contributed by atoms with Crippen molar-refractivity contribution in [3.63, 3.8) is 0 Å². The Morgan fingerprint density at radius 3 is 2.19 bits per heavy atom. The lowest BCUT2D eigenvalue weighted by atomic mass is 10.2. The second-order valence-corrected chi connectivity index (χ2v) is 4.10. The van der Waals surface area contributed by atoms with Crippen LogP contribution in [0.1, 0.15) is 19.8 Å². The van der Waals surface area contributed by atoms with Gasteiger partial charge in [-0.05, 0) is 40.4 Å². The molecule has 0 spiro atoms. The van der Waals surface area contributed by atoms with E-state index < -0.39 is 0 Å². The van der Waals surface area contributed by atoms with E-state index in [4.69, 9.17) is 5.41 Å². The Bertz CT molecular complexity index is 210. The lowest BCUT2D eigenvalue weighted by Crippen LogP contribution is -2.14. The molecule has 1 amide bonds. The number of hydrogen-bond acceptors (Lipinski definition) is 4. The molecule has 0 heterocycles. The van der Waals surface area contributed by atoms with E-state index in [0.717, 1.165) is 25.8 Å². The minimum Gasteiger partial charge on any atom is -0.351 e. The highest BCUT2D eigenvalue weighted by atomic mass is 16.1. The molecule has 0 bridgehead atoms. The van der Waals surface area contributed by atoms with Crippen molar-refractivity contribution in [2.24, 2.45) is 4.99 Å². The Morgan fingerprint density at radius 1 is 1.38 bits per heavy atom. The van der Waals surface area contributed by atoms with Crippen molar-refractivity contribution < 1.29 is 4.79 Å². The maximum Gasteiger partial charge on any atom is 0.209 e. The van der Waals surface area contributed by atoms with E-state index in [0.29, 0.717) is 0 Å². The van der Waals surface area contributed by atoms with E-state index in [1.165, 1.54) is 4.90 Å². The van der Waals surface area contributed by atoms with Crippen molar-refractivity contribution in [3.8, 4) is 0 Å². The Hall–Kier alpha value is -1.19. The van der Waals surface area contributed by atoms with Crippen molar-refractivity contribution in [1.82, 2.24) is 9.80 Å². The second kappa shape index (κ2) is 11.9. The molecule has 0 aliphatic carbocycles. The maximum atomic E-state index is 9.43. The Labute approximate surface area is 98.7 Å². The maximum absolute atomic E-state index is 9.43. The summed E-state index contributed by atoms with van der Waals surface area (Å²) in [5, 5.41) is 6.63. The summed E-state index contributed by atoms with van der Waals surface area (Å²) in [5.41, 5.74) is 0. The molecule has 0 aromatic heterocycles. The predicted octanol–water partition coefficient (Wildman–Crippen LogP) is 1.17. The number of nitrogens with one attached hydrogen (secondary N) is 1. The molecule has 0 radical (unpaired) electrons. The van der Waals surface area contributed by atoms with Gasteiger partial charge in [0.15, 0.2) is 0 Å². The minimum absolute atomic E-state index is 0.257. The van der Waals surface area contributed by atoms with Crippen molar-refractivity contribution in [2.75, 3.05) is 34.7 Å². The first-order valence-electron chi connectivity index (χ1n) is 5.32. The zero-order chi connectivity index (χ0) is 13.0. The lowest BCUT2D eigenvalue weighted by molar-refractivity contribution is -0.115. The molecule has 0 saturated carbocycles. The van der Waals surface area contributed by atoms with Crippen molar-refractivity contribution in [1.29, 1.82) is 5.41 Å². The van der Waals surface area contributed by atoms with Crippen LogP contribution in [-0.4, -0.2) is 63.0 Å². The van der Waals surface area contributed by atoms with Gasteiger partial charge in [-0.2, -0.15) is 0 Å². The van der Waals surface area contributed by atoms with Crippen LogP contribution in [0, 0.1) is 5.41 Å². The van der Waals surface area contributed by atoms with E-state index >= 15 is 0 Å². The van der Waals surface area contributed by atoms with Crippen LogP contribution >= 0.6 is 0 Å². The zero-order valence-electron chi connectivity index (χ0n) is 11.0. The Balaban J connectivity index is 0. The average Bonchev–Trinajstić information content (AvgIpc) is 2.18. The fraction of sp³-hybridized carbons (Fsp3) is 0.818. The largest absolute Gasteiger partial charge is 0.351 e. The number of hydrogen-bond donors (Lipinski definition) is 1. The first-order chi connectivity index (χ1) is 7.43.